The number of aliphatic hydroxyl groups is 1. The molecule has 1 aliphatic rings. The Balaban J connectivity index is 2.28. The maximum atomic E-state index is 11.8. The SMILES string of the molecule is CC[C@@H](O)CN1CCN(C(=O)CN(C)C)CC1. The Hall–Kier alpha value is -0.650. The molecule has 1 aliphatic heterocycles. The Labute approximate surface area is 104 Å². The predicted octanol–water partition coefficient (Wildman–Crippen LogP) is -0.537. The van der Waals surface area contributed by atoms with Crippen molar-refractivity contribution < 1.29 is 9.90 Å². The summed E-state index contributed by atoms with van der Waals surface area (Å²) in [6.07, 6.45) is 0.554. The van der Waals surface area contributed by atoms with E-state index in [1.807, 2.05) is 30.8 Å². The molecule has 0 unspecified atom stereocenters. The van der Waals surface area contributed by atoms with Crippen molar-refractivity contribution in [3.05, 3.63) is 0 Å². The third-order valence-corrected chi connectivity index (χ3v) is 3.12. The van der Waals surface area contributed by atoms with Gasteiger partial charge in [-0.3, -0.25) is 9.69 Å². The van der Waals surface area contributed by atoms with E-state index in [2.05, 4.69) is 4.90 Å². The summed E-state index contributed by atoms with van der Waals surface area (Å²) >= 11 is 0. The zero-order valence-corrected chi connectivity index (χ0v) is 11.2. The van der Waals surface area contributed by atoms with Gasteiger partial charge in [-0.15, -0.1) is 0 Å². The van der Waals surface area contributed by atoms with Crippen molar-refractivity contribution in [3.8, 4) is 0 Å². The van der Waals surface area contributed by atoms with Gasteiger partial charge in [0.05, 0.1) is 12.6 Å². The van der Waals surface area contributed by atoms with Crippen LogP contribution < -0.4 is 0 Å². The van der Waals surface area contributed by atoms with Crippen LogP contribution in [0.3, 0.4) is 0 Å². The highest BCUT2D eigenvalue weighted by Crippen LogP contribution is 2.04. The lowest BCUT2D eigenvalue weighted by Crippen LogP contribution is -2.51. The van der Waals surface area contributed by atoms with Crippen molar-refractivity contribution >= 4 is 5.91 Å². The molecule has 1 N–H and O–H groups in total. The molecule has 1 rings (SSSR count). The minimum atomic E-state index is -0.237. The van der Waals surface area contributed by atoms with Crippen molar-refractivity contribution in [2.75, 3.05) is 53.4 Å². The first-order chi connectivity index (χ1) is 8.02. The molecule has 1 atom stereocenters. The van der Waals surface area contributed by atoms with Crippen LogP contribution in [0.25, 0.3) is 0 Å². The third kappa shape index (κ3) is 5.02. The van der Waals surface area contributed by atoms with Gasteiger partial charge in [-0.25, -0.2) is 0 Å². The molecule has 1 amide bonds. The number of aliphatic hydroxyl groups excluding tert-OH is 1. The fourth-order valence-corrected chi connectivity index (χ4v) is 1.98. The first-order valence-corrected chi connectivity index (χ1v) is 6.35. The van der Waals surface area contributed by atoms with Gasteiger partial charge in [-0.05, 0) is 20.5 Å². The summed E-state index contributed by atoms with van der Waals surface area (Å²) in [5.41, 5.74) is 0. The number of likely N-dealkylation sites (N-methyl/N-ethyl adjacent to an activating group) is 1. The van der Waals surface area contributed by atoms with E-state index in [0.717, 1.165) is 39.1 Å². The van der Waals surface area contributed by atoms with Gasteiger partial charge in [0, 0.05) is 32.7 Å². The Kier molecular flexibility index (Phi) is 5.88. The molecule has 0 aromatic carbocycles. The van der Waals surface area contributed by atoms with Gasteiger partial charge in [0.2, 0.25) is 5.91 Å². The summed E-state index contributed by atoms with van der Waals surface area (Å²) in [7, 11) is 3.82. The summed E-state index contributed by atoms with van der Waals surface area (Å²) in [5, 5.41) is 9.58. The zero-order valence-electron chi connectivity index (χ0n) is 11.2. The zero-order chi connectivity index (χ0) is 12.8. The standard InChI is InChI=1S/C12H25N3O2/c1-4-11(16)9-14-5-7-15(8-6-14)12(17)10-13(2)3/h11,16H,4-10H2,1-3H3/t11-/m1/s1. The highest BCUT2D eigenvalue weighted by Gasteiger charge is 2.22. The van der Waals surface area contributed by atoms with E-state index in [9.17, 15) is 9.90 Å². The molecule has 0 aromatic rings. The van der Waals surface area contributed by atoms with Crippen LogP contribution in [0.4, 0.5) is 0 Å². The molecule has 0 spiro atoms. The Morgan fingerprint density at radius 1 is 1.29 bits per heavy atom. The summed E-state index contributed by atoms with van der Waals surface area (Å²) in [6, 6.07) is 0. The largest absolute Gasteiger partial charge is 0.392 e. The Morgan fingerprint density at radius 3 is 2.35 bits per heavy atom. The molecule has 1 saturated heterocycles. The second-order valence-corrected chi connectivity index (χ2v) is 4.98. The first kappa shape index (κ1) is 14.4. The number of nitrogens with zero attached hydrogens (tertiary/aromatic N) is 3. The quantitative estimate of drug-likeness (QED) is 0.705. The molecular formula is C12H25N3O2. The fraction of sp³-hybridized carbons (Fsp3) is 0.917. The van der Waals surface area contributed by atoms with Crippen LogP contribution in [0.1, 0.15) is 13.3 Å². The Bertz CT molecular complexity index is 238. The van der Waals surface area contributed by atoms with Crippen LogP contribution in [0, 0.1) is 0 Å². The van der Waals surface area contributed by atoms with E-state index in [1.165, 1.54) is 0 Å². The molecule has 17 heavy (non-hydrogen) atoms. The molecule has 0 aromatic heterocycles. The number of piperazine rings is 1. The maximum absolute atomic E-state index is 11.8. The van der Waals surface area contributed by atoms with Gasteiger partial charge in [0.1, 0.15) is 0 Å². The monoisotopic (exact) mass is 243 g/mol. The molecule has 0 bridgehead atoms. The van der Waals surface area contributed by atoms with Gasteiger partial charge in [-0.2, -0.15) is 0 Å². The molecule has 5 nitrogen and oxygen atoms in total. The van der Waals surface area contributed by atoms with Crippen LogP contribution in [0.2, 0.25) is 0 Å². The average Bonchev–Trinajstić information content (AvgIpc) is 2.28. The van der Waals surface area contributed by atoms with Crippen molar-refractivity contribution in [3.63, 3.8) is 0 Å². The molecule has 1 heterocycles. The minimum absolute atomic E-state index is 0.200. The smallest absolute Gasteiger partial charge is 0.236 e. The van der Waals surface area contributed by atoms with Crippen molar-refractivity contribution in [1.29, 1.82) is 0 Å². The van der Waals surface area contributed by atoms with E-state index in [0.29, 0.717) is 6.54 Å². The maximum Gasteiger partial charge on any atom is 0.236 e. The molecule has 0 radical (unpaired) electrons. The van der Waals surface area contributed by atoms with Gasteiger partial charge in [0.15, 0.2) is 0 Å². The van der Waals surface area contributed by atoms with Crippen LogP contribution >= 0.6 is 0 Å². The van der Waals surface area contributed by atoms with Crippen molar-refractivity contribution in [1.82, 2.24) is 14.7 Å². The lowest BCUT2D eigenvalue weighted by molar-refractivity contribution is -0.133. The average molecular weight is 243 g/mol. The number of hydrogen-bond donors (Lipinski definition) is 1. The number of β-amino-alcohol motifs (C(OH)–C–C–N with tert-alkyl or cyclic N) is 1. The van der Waals surface area contributed by atoms with Crippen LogP contribution in [-0.4, -0.2) is 85.2 Å². The summed E-state index contributed by atoms with van der Waals surface area (Å²) in [5.74, 6) is 0.200. The molecule has 1 fully saturated rings. The van der Waals surface area contributed by atoms with Crippen LogP contribution in [0.15, 0.2) is 0 Å². The summed E-state index contributed by atoms with van der Waals surface area (Å²) in [6.45, 7) is 6.50. The number of carbonyl (C=O) groups is 1. The predicted molar refractivity (Wildman–Crippen MR) is 67.9 cm³/mol. The van der Waals surface area contributed by atoms with E-state index in [4.69, 9.17) is 0 Å². The summed E-state index contributed by atoms with van der Waals surface area (Å²) in [4.78, 5) is 17.8. The fourth-order valence-electron chi connectivity index (χ4n) is 1.98. The summed E-state index contributed by atoms with van der Waals surface area (Å²) < 4.78 is 0. The first-order valence-electron chi connectivity index (χ1n) is 6.35. The number of hydrogen-bond acceptors (Lipinski definition) is 4. The second kappa shape index (κ2) is 6.93. The molecule has 100 valence electrons. The number of carbonyl (C=O) groups excluding carboxylic acids is 1. The van der Waals surface area contributed by atoms with E-state index in [1.54, 1.807) is 0 Å². The third-order valence-electron chi connectivity index (χ3n) is 3.12. The topological polar surface area (TPSA) is 47.0 Å². The lowest BCUT2D eigenvalue weighted by atomic mass is 10.2. The lowest BCUT2D eigenvalue weighted by Gasteiger charge is -2.36. The molecule has 5 heteroatoms. The van der Waals surface area contributed by atoms with Gasteiger partial charge in [0.25, 0.3) is 0 Å². The minimum Gasteiger partial charge on any atom is -0.392 e. The normalized spacial score (nSPS) is 19.7. The highest BCUT2D eigenvalue weighted by molar-refractivity contribution is 5.78. The number of amides is 1. The van der Waals surface area contributed by atoms with Gasteiger partial charge >= 0.3 is 0 Å². The highest BCUT2D eigenvalue weighted by atomic mass is 16.3. The van der Waals surface area contributed by atoms with Crippen molar-refractivity contribution in [2.45, 2.75) is 19.4 Å². The molecular weight excluding hydrogens is 218 g/mol. The van der Waals surface area contributed by atoms with E-state index < -0.39 is 0 Å². The Morgan fingerprint density at radius 2 is 1.88 bits per heavy atom. The van der Waals surface area contributed by atoms with Crippen molar-refractivity contribution in [2.24, 2.45) is 0 Å². The number of rotatable bonds is 5. The van der Waals surface area contributed by atoms with E-state index >= 15 is 0 Å². The molecule has 0 aliphatic carbocycles. The van der Waals surface area contributed by atoms with Gasteiger partial charge < -0.3 is 14.9 Å². The molecule has 0 saturated carbocycles. The van der Waals surface area contributed by atoms with Crippen LogP contribution in [-0.2, 0) is 4.79 Å². The van der Waals surface area contributed by atoms with E-state index in [-0.39, 0.29) is 12.0 Å². The van der Waals surface area contributed by atoms with Crippen LogP contribution in [0.5, 0.6) is 0 Å². The van der Waals surface area contributed by atoms with Gasteiger partial charge in [-0.1, -0.05) is 6.92 Å². The second-order valence-electron chi connectivity index (χ2n) is 4.98.